The largest absolute Gasteiger partial charge is 0.356 e. The van der Waals surface area contributed by atoms with Gasteiger partial charge in [0.1, 0.15) is 23.0 Å². The van der Waals surface area contributed by atoms with Gasteiger partial charge in [-0.2, -0.15) is 15.5 Å². The maximum absolute atomic E-state index is 9.57. The summed E-state index contributed by atoms with van der Waals surface area (Å²) in [7, 11) is 1.86. The Morgan fingerprint density at radius 3 is 2.77 bits per heavy atom. The van der Waals surface area contributed by atoms with Crippen LogP contribution in [0.4, 0.5) is 5.82 Å². The van der Waals surface area contributed by atoms with E-state index in [1.54, 1.807) is 21.6 Å². The second-order valence-corrected chi connectivity index (χ2v) is 7.94. The SMILES string of the molecule is Cn1cc(-c2cn3ncc(C#N)c3c(-c3ccc(N4CCC[C@H](CN)C4)nc3)n2)cn1. The van der Waals surface area contributed by atoms with Crippen LogP contribution in [-0.2, 0) is 7.05 Å². The number of aromatic nitrogens is 6. The predicted molar refractivity (Wildman–Crippen MR) is 117 cm³/mol. The molecule has 1 aliphatic rings. The average Bonchev–Trinajstić information content (AvgIpc) is 3.44. The van der Waals surface area contributed by atoms with Crippen LogP contribution in [0, 0.1) is 17.2 Å². The summed E-state index contributed by atoms with van der Waals surface area (Å²) in [5.41, 5.74) is 10.2. The molecule has 1 fully saturated rings. The van der Waals surface area contributed by atoms with E-state index >= 15 is 0 Å². The van der Waals surface area contributed by atoms with Gasteiger partial charge in [0.2, 0.25) is 0 Å². The lowest BCUT2D eigenvalue weighted by Gasteiger charge is -2.33. The van der Waals surface area contributed by atoms with E-state index < -0.39 is 0 Å². The minimum absolute atomic E-state index is 0.478. The monoisotopic (exact) mass is 413 g/mol. The van der Waals surface area contributed by atoms with Crippen LogP contribution in [0.5, 0.6) is 0 Å². The Labute approximate surface area is 179 Å². The van der Waals surface area contributed by atoms with Gasteiger partial charge in [0.25, 0.3) is 0 Å². The maximum Gasteiger partial charge on any atom is 0.128 e. The van der Waals surface area contributed by atoms with Crippen LogP contribution in [0.25, 0.3) is 28.0 Å². The number of nitrogens with two attached hydrogens (primary N) is 1. The molecule has 4 aromatic heterocycles. The first-order chi connectivity index (χ1) is 15.2. The van der Waals surface area contributed by atoms with Crippen LogP contribution in [0.2, 0.25) is 0 Å². The zero-order valence-corrected chi connectivity index (χ0v) is 17.3. The number of piperidine rings is 1. The first-order valence-electron chi connectivity index (χ1n) is 10.3. The molecule has 0 amide bonds. The van der Waals surface area contributed by atoms with Gasteiger partial charge in [0.05, 0.1) is 30.0 Å². The van der Waals surface area contributed by atoms with Crippen LogP contribution in [0.15, 0.2) is 43.1 Å². The first kappa shape index (κ1) is 19.2. The van der Waals surface area contributed by atoms with Crippen molar-refractivity contribution in [2.45, 2.75) is 12.8 Å². The molecule has 0 aliphatic carbocycles. The lowest BCUT2D eigenvalue weighted by atomic mass is 9.98. The molecule has 0 saturated carbocycles. The van der Waals surface area contributed by atoms with Gasteiger partial charge < -0.3 is 10.6 Å². The van der Waals surface area contributed by atoms with Crippen LogP contribution in [0.3, 0.4) is 0 Å². The van der Waals surface area contributed by atoms with E-state index in [-0.39, 0.29) is 0 Å². The zero-order valence-electron chi connectivity index (χ0n) is 17.3. The third kappa shape index (κ3) is 3.51. The third-order valence-electron chi connectivity index (χ3n) is 5.82. The Hall–Kier alpha value is -3.77. The van der Waals surface area contributed by atoms with Gasteiger partial charge in [-0.25, -0.2) is 14.5 Å². The second kappa shape index (κ2) is 7.81. The van der Waals surface area contributed by atoms with E-state index in [1.807, 2.05) is 37.8 Å². The van der Waals surface area contributed by atoms with E-state index in [0.29, 0.717) is 29.2 Å². The van der Waals surface area contributed by atoms with Crippen molar-refractivity contribution in [3.8, 4) is 28.6 Å². The minimum atomic E-state index is 0.478. The smallest absolute Gasteiger partial charge is 0.128 e. The lowest BCUT2D eigenvalue weighted by Crippen LogP contribution is -2.38. The van der Waals surface area contributed by atoms with Gasteiger partial charge in [0.15, 0.2) is 0 Å². The molecule has 5 rings (SSSR count). The Kier molecular flexibility index (Phi) is 4.84. The fourth-order valence-corrected chi connectivity index (χ4v) is 4.17. The normalized spacial score (nSPS) is 16.5. The van der Waals surface area contributed by atoms with Gasteiger partial charge in [0, 0.05) is 43.7 Å². The molecule has 9 nitrogen and oxygen atoms in total. The lowest BCUT2D eigenvalue weighted by molar-refractivity contribution is 0.422. The number of hydrogen-bond donors (Lipinski definition) is 1. The number of nitrogens with zero attached hydrogens (tertiary/aromatic N) is 8. The summed E-state index contributed by atoms with van der Waals surface area (Å²) in [5.74, 6) is 1.45. The van der Waals surface area contributed by atoms with Crippen molar-refractivity contribution in [3.63, 3.8) is 0 Å². The molecule has 5 heterocycles. The second-order valence-electron chi connectivity index (χ2n) is 7.94. The van der Waals surface area contributed by atoms with E-state index in [0.717, 1.165) is 42.1 Å². The first-order valence-corrected chi connectivity index (χ1v) is 10.3. The highest BCUT2D eigenvalue weighted by Crippen LogP contribution is 2.30. The van der Waals surface area contributed by atoms with Crippen LogP contribution < -0.4 is 10.6 Å². The Morgan fingerprint density at radius 1 is 1.16 bits per heavy atom. The zero-order chi connectivity index (χ0) is 21.4. The number of hydrogen-bond acceptors (Lipinski definition) is 7. The van der Waals surface area contributed by atoms with Gasteiger partial charge in [-0.3, -0.25) is 4.68 Å². The summed E-state index contributed by atoms with van der Waals surface area (Å²) >= 11 is 0. The fraction of sp³-hybridized carbons (Fsp3) is 0.318. The molecule has 1 aliphatic heterocycles. The number of fused-ring (bicyclic) bond motifs is 1. The number of pyridine rings is 1. The molecule has 0 aromatic carbocycles. The quantitative estimate of drug-likeness (QED) is 0.546. The number of aryl methyl sites for hydroxylation is 1. The number of rotatable bonds is 4. The van der Waals surface area contributed by atoms with E-state index in [1.165, 1.54) is 6.42 Å². The molecule has 156 valence electrons. The summed E-state index contributed by atoms with van der Waals surface area (Å²) in [4.78, 5) is 11.9. The van der Waals surface area contributed by atoms with Crippen molar-refractivity contribution < 1.29 is 0 Å². The summed E-state index contributed by atoms with van der Waals surface area (Å²) < 4.78 is 3.43. The van der Waals surface area contributed by atoms with Crippen molar-refractivity contribution in [3.05, 3.63) is 48.7 Å². The van der Waals surface area contributed by atoms with Crippen LogP contribution >= 0.6 is 0 Å². The molecule has 0 radical (unpaired) electrons. The molecule has 2 N–H and O–H groups in total. The summed E-state index contributed by atoms with van der Waals surface area (Å²) in [5, 5.41) is 18.2. The van der Waals surface area contributed by atoms with Gasteiger partial charge in [-0.15, -0.1) is 0 Å². The van der Waals surface area contributed by atoms with Crippen molar-refractivity contribution in [2.75, 3.05) is 24.5 Å². The van der Waals surface area contributed by atoms with Gasteiger partial charge in [-0.05, 0) is 37.4 Å². The summed E-state index contributed by atoms with van der Waals surface area (Å²) in [6, 6.07) is 6.25. The van der Waals surface area contributed by atoms with Crippen molar-refractivity contribution in [1.82, 2.24) is 29.4 Å². The standard InChI is InChI=1S/C22H23N9/c1-29-13-18(11-26-29)19-14-31-22(17(8-24)10-27-31)21(28-19)16-4-5-20(25-9-16)30-6-2-3-15(7-23)12-30/h4-5,9-11,13-15H,2-3,6-7,12,23H2,1H3/t15-/m1/s1. The van der Waals surface area contributed by atoms with E-state index in [2.05, 4.69) is 21.2 Å². The molecular formula is C22H23N9. The van der Waals surface area contributed by atoms with E-state index in [9.17, 15) is 5.26 Å². The number of anilines is 1. The van der Waals surface area contributed by atoms with E-state index in [4.69, 9.17) is 15.7 Å². The van der Waals surface area contributed by atoms with Gasteiger partial charge >= 0.3 is 0 Å². The maximum atomic E-state index is 9.57. The van der Waals surface area contributed by atoms with Crippen molar-refractivity contribution in [2.24, 2.45) is 18.7 Å². The van der Waals surface area contributed by atoms with Crippen LogP contribution in [-0.4, -0.2) is 49.0 Å². The molecule has 9 heteroatoms. The Balaban J connectivity index is 1.57. The van der Waals surface area contributed by atoms with Crippen LogP contribution in [0.1, 0.15) is 18.4 Å². The Bertz CT molecular complexity index is 1260. The molecule has 0 spiro atoms. The predicted octanol–water partition coefficient (Wildman–Crippen LogP) is 2.24. The Morgan fingerprint density at radius 2 is 2.06 bits per heavy atom. The van der Waals surface area contributed by atoms with Gasteiger partial charge in [-0.1, -0.05) is 0 Å². The number of nitriles is 1. The van der Waals surface area contributed by atoms with Crippen molar-refractivity contribution in [1.29, 1.82) is 5.26 Å². The average molecular weight is 413 g/mol. The highest BCUT2D eigenvalue weighted by atomic mass is 15.2. The molecule has 0 bridgehead atoms. The molecule has 0 unspecified atom stereocenters. The summed E-state index contributed by atoms with van der Waals surface area (Å²) in [6.45, 7) is 2.63. The fourth-order valence-electron chi connectivity index (χ4n) is 4.17. The highest BCUT2D eigenvalue weighted by Gasteiger charge is 2.21. The molecule has 1 atom stereocenters. The van der Waals surface area contributed by atoms with Crippen molar-refractivity contribution >= 4 is 11.3 Å². The molecule has 4 aromatic rings. The summed E-state index contributed by atoms with van der Waals surface area (Å²) in [6.07, 6.45) is 11.2. The molecule has 31 heavy (non-hydrogen) atoms. The highest BCUT2D eigenvalue weighted by molar-refractivity contribution is 5.83. The third-order valence-corrected chi connectivity index (χ3v) is 5.82. The molecule has 1 saturated heterocycles. The minimum Gasteiger partial charge on any atom is -0.356 e. The molecular weight excluding hydrogens is 390 g/mol. The topological polar surface area (TPSA) is 114 Å².